The van der Waals surface area contributed by atoms with Crippen LogP contribution in [0.1, 0.15) is 49.2 Å². The van der Waals surface area contributed by atoms with Crippen LogP contribution in [-0.4, -0.2) is 73.6 Å². The van der Waals surface area contributed by atoms with Crippen LogP contribution >= 0.6 is 99.9 Å². The molecule has 2 unspecified atom stereocenters. The molecule has 0 bridgehead atoms. The molecule has 18 heteroatoms. The molecule has 5 rings (SSSR count). The van der Waals surface area contributed by atoms with Crippen molar-refractivity contribution >= 4 is 106 Å². The molecule has 287 valence electrons. The molecule has 0 spiro atoms. The topological polar surface area (TPSA) is 91.3 Å². The Hall–Kier alpha value is 1.47. The van der Waals surface area contributed by atoms with Gasteiger partial charge < -0.3 is 29.9 Å². The number of amides is 1. The number of aliphatic hydroxyl groups is 2. The standard InChI is InChI=1S/C19H19F2NO3.C12H15F2NO2.2CH4.5HI.2V/c20-16-7-6-15(12-17(16)21)19(8-10-23)13-22(9-11-25-19)18(24)14-4-2-1-3-5-14;13-10-2-1-9(7-11(10)14)12(3-5-16)8-15-4-6-17-12;;;;;;;;;/h1-7,12,23H,8-11,13H2;1-2,7,15-16H,3-6,8H2;2*1H4;5*1H;;/q;;;;;;;;;+2;+3/p-5. The van der Waals surface area contributed by atoms with Gasteiger partial charge in [-0.05, 0) is 47.5 Å². The minimum atomic E-state index is -1.06. The van der Waals surface area contributed by atoms with Gasteiger partial charge >= 0.3 is 114 Å². The van der Waals surface area contributed by atoms with Crippen molar-refractivity contribution < 1.29 is 56.4 Å². The van der Waals surface area contributed by atoms with E-state index in [4.69, 9.17) is 14.6 Å². The number of carbonyl (C=O) groups excluding carboxylic acids is 1. The van der Waals surface area contributed by atoms with Crippen LogP contribution in [-0.2, 0) is 35.1 Å². The Balaban J connectivity index is 0.000000837. The van der Waals surface area contributed by atoms with Crippen molar-refractivity contribution in [2.45, 2.75) is 38.9 Å². The zero-order chi connectivity index (χ0) is 36.5. The van der Waals surface area contributed by atoms with Crippen molar-refractivity contribution in [3.8, 4) is 0 Å². The number of nitrogens with zero attached hydrogens (tertiary/aromatic N) is 1. The minimum absolute atomic E-state index is 0. The van der Waals surface area contributed by atoms with Crippen LogP contribution in [0, 0.1) is 23.3 Å². The molecule has 0 aliphatic carbocycles. The quantitative estimate of drug-likeness (QED) is 0.162. The summed E-state index contributed by atoms with van der Waals surface area (Å²) in [5, 5.41) is 21.7. The van der Waals surface area contributed by atoms with Crippen molar-refractivity contribution in [3.63, 3.8) is 0 Å². The molecule has 2 aliphatic heterocycles. The number of morpholine rings is 2. The summed E-state index contributed by atoms with van der Waals surface area (Å²) in [7, 11) is 0.628. The summed E-state index contributed by atoms with van der Waals surface area (Å²) < 4.78 is 64.6. The van der Waals surface area contributed by atoms with Crippen molar-refractivity contribution in [1.82, 2.24) is 10.2 Å². The second-order valence-electron chi connectivity index (χ2n) is 10.4. The second kappa shape index (κ2) is 28.0. The van der Waals surface area contributed by atoms with Gasteiger partial charge in [0.05, 0.1) is 19.8 Å². The van der Waals surface area contributed by atoms with E-state index >= 15 is 0 Å². The second-order valence-corrected chi connectivity index (χ2v) is 57.6. The van der Waals surface area contributed by atoms with E-state index in [2.05, 4.69) is 105 Å². The fourth-order valence-electron chi connectivity index (χ4n) is 5.26. The van der Waals surface area contributed by atoms with E-state index in [9.17, 15) is 27.5 Å². The van der Waals surface area contributed by atoms with Crippen molar-refractivity contribution in [2.75, 3.05) is 52.6 Å². The molecule has 2 aliphatic rings. The van der Waals surface area contributed by atoms with Gasteiger partial charge in [0.1, 0.15) is 11.2 Å². The Labute approximate surface area is 365 Å². The Morgan fingerprint density at radius 2 is 1.27 bits per heavy atom. The third-order valence-electron chi connectivity index (χ3n) is 7.48. The SMILES string of the molecule is C.C.O=C(c1ccccc1)N1CCOC(CCO)(c2ccc(F)c(F)c2)C1.OCCC1(c2ccc(F)c(F)c2)CNCCO1.[I][V]([I])[I].[I][V][I]. The molecule has 2 atom stereocenters. The molecule has 1 amide bonds. The van der Waals surface area contributed by atoms with E-state index in [1.165, 1.54) is 12.1 Å². The molecular formula is C33H42F4I5N2O5V2. The first-order valence-corrected chi connectivity index (χ1v) is 37.1. The average Bonchev–Trinajstić information content (AvgIpc) is 3.08. The third kappa shape index (κ3) is 17.2. The van der Waals surface area contributed by atoms with E-state index < -0.39 is 34.5 Å². The number of aliphatic hydroxyl groups excluding tert-OH is 2. The zero-order valence-corrected chi connectivity index (χ0v) is 39.4. The van der Waals surface area contributed by atoms with Gasteiger partial charge in [0, 0.05) is 51.3 Å². The number of rotatable bonds is 7. The summed E-state index contributed by atoms with van der Waals surface area (Å²) in [6.07, 6.45) is 0.529. The fourth-order valence-corrected chi connectivity index (χ4v) is 5.26. The van der Waals surface area contributed by atoms with Gasteiger partial charge in [-0.3, -0.25) is 4.79 Å². The first-order chi connectivity index (χ1) is 23.4. The Morgan fingerprint density at radius 3 is 1.73 bits per heavy atom. The van der Waals surface area contributed by atoms with Gasteiger partial charge in [0.2, 0.25) is 0 Å². The first kappa shape index (κ1) is 52.5. The Morgan fingerprint density at radius 1 is 0.804 bits per heavy atom. The van der Waals surface area contributed by atoms with Crippen LogP contribution in [0.15, 0.2) is 66.7 Å². The number of hydrogen-bond donors (Lipinski definition) is 3. The van der Waals surface area contributed by atoms with Crippen LogP contribution in [0.3, 0.4) is 0 Å². The average molecular weight is 1360 g/mol. The molecule has 0 aromatic heterocycles. The van der Waals surface area contributed by atoms with Crippen LogP contribution in [0.25, 0.3) is 0 Å². The van der Waals surface area contributed by atoms with E-state index in [-0.39, 0.29) is 58.5 Å². The maximum absolute atomic E-state index is 13.7. The third-order valence-corrected chi connectivity index (χ3v) is 7.48. The van der Waals surface area contributed by atoms with Gasteiger partial charge in [0.25, 0.3) is 5.91 Å². The molecule has 2 saturated heterocycles. The summed E-state index contributed by atoms with van der Waals surface area (Å²) in [6.45, 7) is 2.22. The molecule has 0 radical (unpaired) electrons. The molecule has 3 aromatic rings. The normalized spacial score (nSPS) is 19.3. The van der Waals surface area contributed by atoms with Crippen molar-refractivity contribution in [2.24, 2.45) is 0 Å². The number of halogens is 9. The van der Waals surface area contributed by atoms with Crippen LogP contribution in [0.2, 0.25) is 0 Å². The zero-order valence-electron chi connectivity index (χ0n) is 25.8. The number of hydrogen-bond acceptors (Lipinski definition) is 6. The van der Waals surface area contributed by atoms with E-state index in [0.717, 1.165) is 30.8 Å². The maximum atomic E-state index is 13.7. The van der Waals surface area contributed by atoms with Crippen molar-refractivity contribution in [3.05, 3.63) is 107 Å². The van der Waals surface area contributed by atoms with Crippen LogP contribution in [0.4, 0.5) is 17.6 Å². The van der Waals surface area contributed by atoms with E-state index in [1.807, 2.05) is 6.07 Å². The van der Waals surface area contributed by atoms with Crippen LogP contribution in [0.5, 0.6) is 0 Å². The summed E-state index contributed by atoms with van der Waals surface area (Å²) >= 11 is 12.1. The predicted molar refractivity (Wildman–Crippen MR) is 230 cm³/mol. The first-order valence-electron chi connectivity index (χ1n) is 14.5. The molecule has 3 aromatic carbocycles. The van der Waals surface area contributed by atoms with Crippen LogP contribution < -0.4 is 5.32 Å². The number of nitrogens with one attached hydrogen (secondary N) is 1. The van der Waals surface area contributed by atoms with Gasteiger partial charge in [-0.25, -0.2) is 17.6 Å². The van der Waals surface area contributed by atoms with E-state index in [1.54, 1.807) is 29.2 Å². The summed E-state index contributed by atoms with van der Waals surface area (Å²) in [5.41, 5.74) is -0.315. The summed E-state index contributed by atoms with van der Waals surface area (Å²) in [4.78, 5) is 14.1. The molecule has 51 heavy (non-hydrogen) atoms. The molecule has 2 fully saturated rings. The molecular weight excluding hydrogens is 1320 g/mol. The van der Waals surface area contributed by atoms with Gasteiger partial charge in [0.15, 0.2) is 23.3 Å². The Bertz CT molecular complexity index is 1430. The van der Waals surface area contributed by atoms with E-state index in [0.29, 0.717) is 52.3 Å². The molecule has 3 N–H and O–H groups in total. The number of ether oxygens (including phenoxy) is 2. The summed E-state index contributed by atoms with van der Waals surface area (Å²) in [5.74, 6) is -3.86. The Kier molecular flexibility index (Phi) is 28.8. The fraction of sp³-hybridized carbons (Fsp3) is 0.424. The molecule has 2 heterocycles. The monoisotopic (exact) mass is 1360 g/mol. The van der Waals surface area contributed by atoms with Gasteiger partial charge in [-0.2, -0.15) is 0 Å². The summed E-state index contributed by atoms with van der Waals surface area (Å²) in [6, 6.07) is 16.1. The van der Waals surface area contributed by atoms with Crippen molar-refractivity contribution in [1.29, 1.82) is 0 Å². The van der Waals surface area contributed by atoms with Gasteiger partial charge in [-0.15, -0.1) is 0 Å². The molecule has 0 saturated carbocycles. The van der Waals surface area contributed by atoms with Gasteiger partial charge in [-0.1, -0.05) is 45.2 Å². The predicted octanol–water partition coefficient (Wildman–Crippen LogP) is 9.57. The number of carbonyl (C=O) groups is 1. The number of benzene rings is 3. The molecule has 7 nitrogen and oxygen atoms in total.